The molecule has 0 saturated heterocycles. The Labute approximate surface area is 102 Å². The summed E-state index contributed by atoms with van der Waals surface area (Å²) in [4.78, 5) is 8.32. The molecule has 0 aliphatic heterocycles. The van der Waals surface area contributed by atoms with Gasteiger partial charge in [0.05, 0.1) is 0 Å². The molecule has 3 N–H and O–H groups in total. The minimum absolute atomic E-state index is 0.0289. The van der Waals surface area contributed by atoms with Gasteiger partial charge in [0.2, 0.25) is 0 Å². The number of hydrogen-bond donors (Lipinski definition) is 2. The van der Waals surface area contributed by atoms with E-state index < -0.39 is 10.8 Å². The molecule has 0 saturated carbocycles. The second kappa shape index (κ2) is 5.86. The molecule has 0 bridgehead atoms. The van der Waals surface area contributed by atoms with Crippen LogP contribution in [0, 0.1) is 0 Å². The van der Waals surface area contributed by atoms with Crippen LogP contribution in [0.3, 0.4) is 0 Å². The van der Waals surface area contributed by atoms with E-state index in [1.54, 1.807) is 12.5 Å². The average molecular weight is 258 g/mol. The molecule has 0 amide bonds. The number of nitrogens with zero attached hydrogens (tertiary/aromatic N) is 2. The number of hydrogen-bond acceptors (Lipinski definition) is 5. The molecular formula is C9H14N4OS2. The van der Waals surface area contributed by atoms with Crippen LogP contribution in [0.1, 0.15) is 12.6 Å². The van der Waals surface area contributed by atoms with Crippen LogP contribution in [-0.4, -0.2) is 37.2 Å². The predicted octanol–water partition coefficient (Wildman–Crippen LogP) is 0.290. The molecule has 1 rings (SSSR count). The molecule has 1 aromatic heterocycles. The molecule has 88 valence electrons. The third-order valence-corrected chi connectivity index (χ3v) is 3.55. The van der Waals surface area contributed by atoms with E-state index in [1.807, 2.05) is 6.92 Å². The normalized spacial score (nSPS) is 14.1. The lowest BCUT2D eigenvalue weighted by atomic mass is 10.4. The summed E-state index contributed by atoms with van der Waals surface area (Å²) in [6.45, 7) is 2.43. The van der Waals surface area contributed by atoms with Crippen LogP contribution >= 0.6 is 12.2 Å². The molecular weight excluding hydrogens is 244 g/mol. The van der Waals surface area contributed by atoms with E-state index in [0.29, 0.717) is 18.1 Å². The Morgan fingerprint density at radius 3 is 2.81 bits per heavy atom. The van der Waals surface area contributed by atoms with Gasteiger partial charge in [-0.25, -0.2) is 9.97 Å². The van der Waals surface area contributed by atoms with Crippen molar-refractivity contribution < 1.29 is 4.21 Å². The number of aromatic nitrogens is 2. The molecule has 1 aromatic rings. The lowest BCUT2D eigenvalue weighted by Gasteiger charge is -2.12. The van der Waals surface area contributed by atoms with E-state index >= 15 is 0 Å². The van der Waals surface area contributed by atoms with Crippen LogP contribution in [0.5, 0.6) is 0 Å². The van der Waals surface area contributed by atoms with E-state index in [4.69, 9.17) is 18.0 Å². The summed E-state index contributed by atoms with van der Waals surface area (Å²) < 4.78 is 11.2. The maximum atomic E-state index is 11.2. The molecule has 0 aromatic carbocycles. The first-order chi connectivity index (χ1) is 7.52. The van der Waals surface area contributed by atoms with E-state index in [-0.39, 0.29) is 10.2 Å². The van der Waals surface area contributed by atoms with Gasteiger partial charge < -0.3 is 11.1 Å². The van der Waals surface area contributed by atoms with Crippen LogP contribution in [0.4, 0.5) is 5.82 Å². The summed E-state index contributed by atoms with van der Waals surface area (Å²) in [5.41, 5.74) is 5.97. The number of thiocarbonyl (C=S) groups is 1. The molecule has 0 fully saturated rings. The fourth-order valence-electron chi connectivity index (χ4n) is 1.01. The van der Waals surface area contributed by atoms with Gasteiger partial charge in [-0.15, -0.1) is 0 Å². The Bertz CT molecular complexity index is 410. The first-order valence-corrected chi connectivity index (χ1v) is 6.72. The fourth-order valence-corrected chi connectivity index (χ4v) is 1.47. The highest BCUT2D eigenvalue weighted by Crippen LogP contribution is 2.08. The third-order valence-electron chi connectivity index (χ3n) is 2.06. The second-order valence-corrected chi connectivity index (χ2v) is 5.55. The maximum Gasteiger partial charge on any atom is 0.155 e. The summed E-state index contributed by atoms with van der Waals surface area (Å²) in [5, 5.41) is 3.07. The van der Waals surface area contributed by atoms with Crippen molar-refractivity contribution in [2.24, 2.45) is 5.73 Å². The van der Waals surface area contributed by atoms with Gasteiger partial charge in [0.15, 0.2) is 5.82 Å². The summed E-state index contributed by atoms with van der Waals surface area (Å²) in [5.74, 6) is 0.535. The molecule has 1 heterocycles. The van der Waals surface area contributed by atoms with Crippen molar-refractivity contribution in [3.05, 3.63) is 18.1 Å². The molecule has 0 aliphatic carbocycles. The van der Waals surface area contributed by atoms with Gasteiger partial charge in [-0.1, -0.05) is 12.2 Å². The van der Waals surface area contributed by atoms with Crippen molar-refractivity contribution >= 4 is 33.8 Å². The third kappa shape index (κ3) is 3.49. The van der Waals surface area contributed by atoms with Gasteiger partial charge in [-0.05, 0) is 6.92 Å². The van der Waals surface area contributed by atoms with E-state index in [1.165, 1.54) is 6.20 Å². The average Bonchev–Trinajstić information content (AvgIpc) is 2.25. The van der Waals surface area contributed by atoms with E-state index in [2.05, 4.69) is 15.3 Å². The quantitative estimate of drug-likeness (QED) is 0.739. The fraction of sp³-hybridized carbons (Fsp3) is 0.444. The molecule has 0 aliphatic rings. The zero-order chi connectivity index (χ0) is 12.1. The molecule has 7 heteroatoms. The molecule has 0 radical (unpaired) electrons. The van der Waals surface area contributed by atoms with Crippen LogP contribution in [0.15, 0.2) is 12.4 Å². The summed E-state index contributed by atoms with van der Waals surface area (Å²) >= 11 is 4.86. The number of nitrogens with one attached hydrogen (secondary N) is 1. The van der Waals surface area contributed by atoms with Gasteiger partial charge >= 0.3 is 0 Å². The Balaban J connectivity index is 2.74. The maximum absolute atomic E-state index is 11.2. The molecule has 16 heavy (non-hydrogen) atoms. The van der Waals surface area contributed by atoms with Crippen molar-refractivity contribution in [2.45, 2.75) is 12.2 Å². The van der Waals surface area contributed by atoms with Gasteiger partial charge in [0, 0.05) is 41.2 Å². The topological polar surface area (TPSA) is 80.9 Å². The highest BCUT2D eigenvalue weighted by Gasteiger charge is 2.10. The number of anilines is 1. The van der Waals surface area contributed by atoms with Gasteiger partial charge in [0.25, 0.3) is 0 Å². The van der Waals surface area contributed by atoms with Crippen molar-refractivity contribution in [2.75, 3.05) is 18.1 Å². The monoisotopic (exact) mass is 258 g/mol. The summed E-state index contributed by atoms with van der Waals surface area (Å²) in [6.07, 6.45) is 4.75. The lowest BCUT2D eigenvalue weighted by molar-refractivity contribution is 0.678. The molecule has 5 nitrogen and oxygen atoms in total. The first kappa shape index (κ1) is 13.0. The summed E-state index contributed by atoms with van der Waals surface area (Å²) in [6, 6.07) is 0. The van der Waals surface area contributed by atoms with Crippen LogP contribution in [-0.2, 0) is 10.8 Å². The predicted molar refractivity (Wildman–Crippen MR) is 69.9 cm³/mol. The smallest absolute Gasteiger partial charge is 0.155 e. The van der Waals surface area contributed by atoms with Crippen LogP contribution in [0.25, 0.3) is 0 Å². The SMILES string of the molecule is CC(CNc1nccnc1C(N)=S)S(C)=O. The highest BCUT2D eigenvalue weighted by atomic mass is 32.2. The highest BCUT2D eigenvalue weighted by molar-refractivity contribution is 7.84. The number of nitrogens with two attached hydrogens (primary N) is 1. The van der Waals surface area contributed by atoms with E-state index in [0.717, 1.165) is 0 Å². The first-order valence-electron chi connectivity index (χ1n) is 4.69. The Kier molecular flexibility index (Phi) is 4.75. The minimum Gasteiger partial charge on any atom is -0.388 e. The Hall–Kier alpha value is -1.08. The Morgan fingerprint density at radius 1 is 1.62 bits per heavy atom. The molecule has 0 spiro atoms. The Morgan fingerprint density at radius 2 is 2.25 bits per heavy atom. The van der Waals surface area contributed by atoms with Crippen molar-refractivity contribution in [1.29, 1.82) is 0 Å². The second-order valence-electron chi connectivity index (χ2n) is 3.31. The van der Waals surface area contributed by atoms with E-state index in [9.17, 15) is 4.21 Å². The summed E-state index contributed by atoms with van der Waals surface area (Å²) in [7, 11) is -0.876. The van der Waals surface area contributed by atoms with Crippen molar-refractivity contribution in [1.82, 2.24) is 9.97 Å². The molecule has 2 atom stereocenters. The minimum atomic E-state index is -0.876. The van der Waals surface area contributed by atoms with Gasteiger partial charge in [0.1, 0.15) is 10.7 Å². The van der Waals surface area contributed by atoms with Gasteiger partial charge in [-0.3, -0.25) is 4.21 Å². The lowest BCUT2D eigenvalue weighted by Crippen LogP contribution is -2.23. The van der Waals surface area contributed by atoms with Gasteiger partial charge in [-0.2, -0.15) is 0 Å². The standard InChI is InChI=1S/C9H14N4OS2/c1-6(16(2)14)5-13-9-7(8(10)15)11-3-4-12-9/h3-4,6H,5H2,1-2H3,(H2,10,15)(H,12,13). The van der Waals surface area contributed by atoms with Crippen molar-refractivity contribution in [3.8, 4) is 0 Å². The molecule has 2 unspecified atom stereocenters. The zero-order valence-electron chi connectivity index (χ0n) is 9.14. The largest absolute Gasteiger partial charge is 0.388 e. The van der Waals surface area contributed by atoms with Crippen LogP contribution in [0.2, 0.25) is 0 Å². The van der Waals surface area contributed by atoms with Crippen molar-refractivity contribution in [3.63, 3.8) is 0 Å². The zero-order valence-corrected chi connectivity index (χ0v) is 10.8. The number of rotatable bonds is 5. The van der Waals surface area contributed by atoms with Crippen LogP contribution < -0.4 is 11.1 Å².